The van der Waals surface area contributed by atoms with E-state index in [1.807, 2.05) is 12.1 Å². The highest BCUT2D eigenvalue weighted by Crippen LogP contribution is 2.39. The quantitative estimate of drug-likeness (QED) is 0.790. The third-order valence-electron chi connectivity index (χ3n) is 4.62. The Morgan fingerprint density at radius 3 is 2.38 bits per heavy atom. The van der Waals surface area contributed by atoms with Crippen LogP contribution in [0.15, 0.2) is 24.3 Å². The second-order valence-electron chi connectivity index (χ2n) is 6.42. The monoisotopic (exact) mass is 289 g/mol. The molecular weight excluding hydrogens is 262 g/mol. The van der Waals surface area contributed by atoms with Crippen molar-refractivity contribution in [2.45, 2.75) is 46.0 Å². The van der Waals surface area contributed by atoms with Gasteiger partial charge in [0.1, 0.15) is 0 Å². The van der Waals surface area contributed by atoms with Crippen molar-refractivity contribution in [3.05, 3.63) is 35.4 Å². The number of hydrogen-bond acceptors (Lipinski definition) is 2. The van der Waals surface area contributed by atoms with Gasteiger partial charge >= 0.3 is 5.97 Å². The van der Waals surface area contributed by atoms with Crippen LogP contribution in [0.25, 0.3) is 0 Å². The van der Waals surface area contributed by atoms with Crippen LogP contribution in [0.4, 0.5) is 0 Å². The van der Waals surface area contributed by atoms with Crippen molar-refractivity contribution in [1.29, 1.82) is 0 Å². The van der Waals surface area contributed by atoms with Gasteiger partial charge in [0.05, 0.1) is 5.56 Å². The van der Waals surface area contributed by atoms with Gasteiger partial charge in [0, 0.05) is 19.6 Å². The molecule has 1 fully saturated rings. The summed E-state index contributed by atoms with van der Waals surface area (Å²) in [6, 6.07) is 7.36. The topological polar surface area (TPSA) is 40.5 Å². The minimum absolute atomic E-state index is 0.450. The second kappa shape index (κ2) is 7.08. The van der Waals surface area contributed by atoms with Crippen molar-refractivity contribution in [2.75, 3.05) is 19.6 Å². The van der Waals surface area contributed by atoms with Crippen molar-refractivity contribution in [2.24, 2.45) is 5.41 Å². The SMILES string of the molecule is CCCC1(CCC)CN(CCc2ccccc2C(=O)O)C1. The lowest BCUT2D eigenvalue weighted by Gasteiger charge is -2.51. The van der Waals surface area contributed by atoms with Crippen LogP contribution in [-0.2, 0) is 6.42 Å². The molecule has 0 atom stereocenters. The Hall–Kier alpha value is -1.35. The van der Waals surface area contributed by atoms with Crippen LogP contribution in [0, 0.1) is 5.41 Å². The highest BCUT2D eigenvalue weighted by molar-refractivity contribution is 5.89. The van der Waals surface area contributed by atoms with Crippen molar-refractivity contribution in [1.82, 2.24) is 4.90 Å². The van der Waals surface area contributed by atoms with Crippen molar-refractivity contribution in [3.8, 4) is 0 Å². The Bertz CT molecular complexity index is 470. The summed E-state index contributed by atoms with van der Waals surface area (Å²) in [4.78, 5) is 13.7. The van der Waals surface area contributed by atoms with E-state index in [1.54, 1.807) is 12.1 Å². The van der Waals surface area contributed by atoms with Gasteiger partial charge in [-0.25, -0.2) is 4.79 Å². The molecule has 0 aromatic heterocycles. The van der Waals surface area contributed by atoms with E-state index in [9.17, 15) is 9.90 Å². The lowest BCUT2D eigenvalue weighted by atomic mass is 9.72. The molecule has 1 heterocycles. The number of rotatable bonds is 8. The lowest BCUT2D eigenvalue weighted by molar-refractivity contribution is -0.0134. The maximum Gasteiger partial charge on any atom is 0.335 e. The summed E-state index contributed by atoms with van der Waals surface area (Å²) < 4.78 is 0. The van der Waals surface area contributed by atoms with E-state index in [2.05, 4.69) is 18.7 Å². The second-order valence-corrected chi connectivity index (χ2v) is 6.42. The maximum absolute atomic E-state index is 11.2. The van der Waals surface area contributed by atoms with Gasteiger partial charge in [-0.05, 0) is 36.3 Å². The van der Waals surface area contributed by atoms with Crippen LogP contribution in [0.5, 0.6) is 0 Å². The van der Waals surface area contributed by atoms with Gasteiger partial charge in [0.2, 0.25) is 0 Å². The molecular formula is C18H27NO2. The molecule has 1 aliphatic heterocycles. The molecule has 116 valence electrons. The molecule has 1 aromatic rings. The Labute approximate surface area is 128 Å². The summed E-state index contributed by atoms with van der Waals surface area (Å²) in [6.45, 7) is 7.87. The van der Waals surface area contributed by atoms with E-state index >= 15 is 0 Å². The summed E-state index contributed by atoms with van der Waals surface area (Å²) in [5, 5.41) is 9.21. The fourth-order valence-electron chi connectivity index (χ4n) is 3.79. The minimum atomic E-state index is -0.819. The first-order valence-electron chi connectivity index (χ1n) is 8.14. The number of likely N-dealkylation sites (tertiary alicyclic amines) is 1. The number of benzene rings is 1. The zero-order valence-corrected chi connectivity index (χ0v) is 13.3. The molecule has 3 heteroatoms. The van der Waals surface area contributed by atoms with Gasteiger partial charge in [-0.2, -0.15) is 0 Å². The van der Waals surface area contributed by atoms with Gasteiger partial charge in [-0.15, -0.1) is 0 Å². The largest absolute Gasteiger partial charge is 0.478 e. The average Bonchev–Trinajstić information content (AvgIpc) is 2.43. The first-order valence-corrected chi connectivity index (χ1v) is 8.14. The fraction of sp³-hybridized carbons (Fsp3) is 0.611. The first-order chi connectivity index (χ1) is 10.1. The highest BCUT2D eigenvalue weighted by atomic mass is 16.4. The molecule has 1 aromatic carbocycles. The Morgan fingerprint density at radius 2 is 1.81 bits per heavy atom. The molecule has 2 rings (SSSR count). The minimum Gasteiger partial charge on any atom is -0.478 e. The molecule has 0 aliphatic carbocycles. The Kier molecular flexibility index (Phi) is 5.40. The van der Waals surface area contributed by atoms with Gasteiger partial charge in [0.15, 0.2) is 0 Å². The fourth-order valence-corrected chi connectivity index (χ4v) is 3.79. The van der Waals surface area contributed by atoms with E-state index in [1.165, 1.54) is 38.8 Å². The molecule has 21 heavy (non-hydrogen) atoms. The van der Waals surface area contributed by atoms with Crippen LogP contribution >= 0.6 is 0 Å². The summed E-state index contributed by atoms with van der Waals surface area (Å²) >= 11 is 0. The molecule has 0 amide bonds. The van der Waals surface area contributed by atoms with Gasteiger partial charge in [-0.1, -0.05) is 44.9 Å². The van der Waals surface area contributed by atoms with Crippen LogP contribution < -0.4 is 0 Å². The van der Waals surface area contributed by atoms with Crippen LogP contribution in [0.3, 0.4) is 0 Å². The number of hydrogen-bond donors (Lipinski definition) is 1. The molecule has 1 saturated heterocycles. The van der Waals surface area contributed by atoms with Crippen LogP contribution in [0.1, 0.15) is 55.5 Å². The van der Waals surface area contributed by atoms with Crippen LogP contribution in [-0.4, -0.2) is 35.6 Å². The smallest absolute Gasteiger partial charge is 0.335 e. The number of carboxylic acids is 1. The molecule has 0 spiro atoms. The van der Waals surface area contributed by atoms with Gasteiger partial charge in [0.25, 0.3) is 0 Å². The predicted molar refractivity (Wildman–Crippen MR) is 85.8 cm³/mol. The number of aromatic carboxylic acids is 1. The molecule has 1 aliphatic rings. The third kappa shape index (κ3) is 3.85. The maximum atomic E-state index is 11.2. The molecule has 0 radical (unpaired) electrons. The normalized spacial score (nSPS) is 17.4. The standard InChI is InChI=1S/C18H27NO2/c1-3-10-18(11-4-2)13-19(14-18)12-9-15-7-5-6-8-16(15)17(20)21/h5-8H,3-4,9-14H2,1-2H3,(H,20,21). The Morgan fingerprint density at radius 1 is 1.19 bits per heavy atom. The summed E-state index contributed by atoms with van der Waals surface area (Å²) in [6.07, 6.45) is 5.99. The average molecular weight is 289 g/mol. The van der Waals surface area contributed by atoms with E-state index in [-0.39, 0.29) is 0 Å². The van der Waals surface area contributed by atoms with E-state index in [4.69, 9.17) is 0 Å². The highest BCUT2D eigenvalue weighted by Gasteiger charge is 2.40. The van der Waals surface area contributed by atoms with Crippen molar-refractivity contribution < 1.29 is 9.90 Å². The summed E-state index contributed by atoms with van der Waals surface area (Å²) in [7, 11) is 0. The number of carbonyl (C=O) groups is 1. The van der Waals surface area contributed by atoms with Gasteiger partial charge < -0.3 is 10.0 Å². The van der Waals surface area contributed by atoms with E-state index in [0.717, 1.165) is 18.5 Å². The lowest BCUT2D eigenvalue weighted by Crippen LogP contribution is -2.56. The number of carboxylic acid groups (broad SMARTS) is 1. The molecule has 1 N–H and O–H groups in total. The molecule has 0 saturated carbocycles. The zero-order chi connectivity index (χ0) is 15.3. The predicted octanol–water partition coefficient (Wildman–Crippen LogP) is 3.83. The van der Waals surface area contributed by atoms with Crippen LogP contribution in [0.2, 0.25) is 0 Å². The summed E-state index contributed by atoms with van der Waals surface area (Å²) in [5.74, 6) is -0.819. The molecule has 3 nitrogen and oxygen atoms in total. The molecule has 0 bridgehead atoms. The summed E-state index contributed by atoms with van der Waals surface area (Å²) in [5.41, 5.74) is 1.94. The van der Waals surface area contributed by atoms with Crippen molar-refractivity contribution in [3.63, 3.8) is 0 Å². The molecule has 0 unspecified atom stereocenters. The van der Waals surface area contributed by atoms with E-state index < -0.39 is 5.97 Å². The zero-order valence-electron chi connectivity index (χ0n) is 13.3. The van der Waals surface area contributed by atoms with Crippen molar-refractivity contribution >= 4 is 5.97 Å². The number of nitrogens with zero attached hydrogens (tertiary/aromatic N) is 1. The first kappa shape index (κ1) is 16.0. The Balaban J connectivity index is 1.87. The van der Waals surface area contributed by atoms with Gasteiger partial charge in [-0.3, -0.25) is 0 Å². The third-order valence-corrected chi connectivity index (χ3v) is 4.62. The van der Waals surface area contributed by atoms with E-state index in [0.29, 0.717) is 11.0 Å².